The summed E-state index contributed by atoms with van der Waals surface area (Å²) in [5.74, 6) is 2.00. The van der Waals surface area contributed by atoms with Gasteiger partial charge in [-0.1, -0.05) is 18.9 Å². The Hall–Kier alpha value is -2.00. The summed E-state index contributed by atoms with van der Waals surface area (Å²) in [6, 6.07) is 6.06. The van der Waals surface area contributed by atoms with Crippen LogP contribution in [0.2, 0.25) is 0 Å². The summed E-state index contributed by atoms with van der Waals surface area (Å²) >= 11 is 0. The standard InChI is InChI=1S/C12H11FN2/c1-3-9(4-2)15-12-7-5-6-11(13)10(12)8-14/h1,5-7,9,15H,4H2,2H3. The van der Waals surface area contributed by atoms with Gasteiger partial charge in [0, 0.05) is 0 Å². The van der Waals surface area contributed by atoms with Crippen molar-refractivity contribution in [3.63, 3.8) is 0 Å². The first-order valence-electron chi connectivity index (χ1n) is 4.64. The van der Waals surface area contributed by atoms with Crippen LogP contribution in [-0.4, -0.2) is 6.04 Å². The first-order chi connectivity index (χ1) is 7.22. The number of benzene rings is 1. The highest BCUT2D eigenvalue weighted by molar-refractivity contribution is 5.59. The van der Waals surface area contributed by atoms with E-state index in [0.717, 1.165) is 6.42 Å². The number of nitrogens with zero attached hydrogens (tertiary/aromatic N) is 1. The van der Waals surface area contributed by atoms with Gasteiger partial charge in [-0.15, -0.1) is 6.42 Å². The molecule has 0 aliphatic carbocycles. The minimum Gasteiger partial charge on any atom is -0.370 e. The number of hydrogen-bond acceptors (Lipinski definition) is 2. The summed E-state index contributed by atoms with van der Waals surface area (Å²) < 4.78 is 13.2. The fourth-order valence-electron chi connectivity index (χ4n) is 1.21. The highest BCUT2D eigenvalue weighted by Crippen LogP contribution is 2.18. The maximum atomic E-state index is 13.2. The van der Waals surface area contributed by atoms with Gasteiger partial charge >= 0.3 is 0 Å². The Balaban J connectivity index is 3.01. The van der Waals surface area contributed by atoms with Crippen LogP contribution in [0.25, 0.3) is 0 Å². The number of nitriles is 1. The number of rotatable bonds is 3. The van der Waals surface area contributed by atoms with E-state index in [1.165, 1.54) is 6.07 Å². The summed E-state index contributed by atoms with van der Waals surface area (Å²) in [4.78, 5) is 0. The Morgan fingerprint density at radius 2 is 2.33 bits per heavy atom. The van der Waals surface area contributed by atoms with Gasteiger partial charge in [-0.25, -0.2) is 4.39 Å². The van der Waals surface area contributed by atoms with E-state index >= 15 is 0 Å². The van der Waals surface area contributed by atoms with Crippen LogP contribution in [0.1, 0.15) is 18.9 Å². The fourth-order valence-corrected chi connectivity index (χ4v) is 1.21. The molecule has 0 fully saturated rings. The zero-order valence-electron chi connectivity index (χ0n) is 8.42. The lowest BCUT2D eigenvalue weighted by Crippen LogP contribution is -2.16. The summed E-state index contributed by atoms with van der Waals surface area (Å²) in [6.07, 6.45) is 5.99. The molecule has 1 atom stereocenters. The average Bonchev–Trinajstić information content (AvgIpc) is 2.26. The van der Waals surface area contributed by atoms with Gasteiger partial charge in [-0.05, 0) is 18.6 Å². The number of anilines is 1. The molecule has 1 N–H and O–H groups in total. The van der Waals surface area contributed by atoms with Crippen LogP contribution in [0.3, 0.4) is 0 Å². The van der Waals surface area contributed by atoms with E-state index < -0.39 is 5.82 Å². The number of hydrogen-bond donors (Lipinski definition) is 1. The molecule has 0 saturated carbocycles. The van der Waals surface area contributed by atoms with E-state index in [2.05, 4.69) is 11.2 Å². The minimum atomic E-state index is -0.533. The zero-order chi connectivity index (χ0) is 11.3. The van der Waals surface area contributed by atoms with Crippen molar-refractivity contribution < 1.29 is 4.39 Å². The van der Waals surface area contributed by atoms with E-state index in [1.54, 1.807) is 12.1 Å². The van der Waals surface area contributed by atoms with Crippen molar-refractivity contribution in [1.82, 2.24) is 0 Å². The molecular formula is C12H11FN2. The van der Waals surface area contributed by atoms with E-state index in [0.29, 0.717) is 5.69 Å². The molecule has 0 aliphatic rings. The molecule has 0 heterocycles. The molecule has 1 unspecified atom stereocenters. The summed E-state index contributed by atoms with van der Waals surface area (Å²) in [5.41, 5.74) is 0.452. The summed E-state index contributed by atoms with van der Waals surface area (Å²) in [7, 11) is 0. The second-order valence-electron chi connectivity index (χ2n) is 3.05. The van der Waals surface area contributed by atoms with Crippen LogP contribution in [0, 0.1) is 29.5 Å². The van der Waals surface area contributed by atoms with Gasteiger partial charge < -0.3 is 5.32 Å². The Kier molecular flexibility index (Phi) is 3.71. The molecule has 1 rings (SSSR count). The Morgan fingerprint density at radius 3 is 2.87 bits per heavy atom. The smallest absolute Gasteiger partial charge is 0.143 e. The quantitative estimate of drug-likeness (QED) is 0.764. The van der Waals surface area contributed by atoms with Crippen molar-refractivity contribution in [1.29, 1.82) is 5.26 Å². The molecule has 2 nitrogen and oxygen atoms in total. The highest BCUT2D eigenvalue weighted by atomic mass is 19.1. The molecule has 15 heavy (non-hydrogen) atoms. The maximum absolute atomic E-state index is 13.2. The molecule has 3 heteroatoms. The van der Waals surface area contributed by atoms with Gasteiger partial charge in [0.05, 0.1) is 11.7 Å². The zero-order valence-corrected chi connectivity index (χ0v) is 8.42. The van der Waals surface area contributed by atoms with Crippen molar-refractivity contribution in [2.45, 2.75) is 19.4 Å². The van der Waals surface area contributed by atoms with Gasteiger partial charge in [0.2, 0.25) is 0 Å². The number of terminal acetylenes is 1. The topological polar surface area (TPSA) is 35.8 Å². The van der Waals surface area contributed by atoms with Crippen molar-refractivity contribution in [3.05, 3.63) is 29.6 Å². The van der Waals surface area contributed by atoms with Crippen LogP contribution in [0.5, 0.6) is 0 Å². The van der Waals surface area contributed by atoms with E-state index in [9.17, 15) is 4.39 Å². The Bertz CT molecular complexity index is 426. The van der Waals surface area contributed by atoms with Crippen molar-refractivity contribution >= 4 is 5.69 Å². The van der Waals surface area contributed by atoms with Crippen LogP contribution in [-0.2, 0) is 0 Å². The second kappa shape index (κ2) is 5.02. The largest absolute Gasteiger partial charge is 0.370 e. The van der Waals surface area contributed by atoms with Crippen LogP contribution in [0.4, 0.5) is 10.1 Å². The number of nitrogens with one attached hydrogen (secondary N) is 1. The first kappa shape index (κ1) is 11.1. The van der Waals surface area contributed by atoms with Gasteiger partial charge in [-0.2, -0.15) is 5.26 Å². The third-order valence-corrected chi connectivity index (χ3v) is 2.06. The van der Waals surface area contributed by atoms with Gasteiger partial charge in [0.25, 0.3) is 0 Å². The summed E-state index contributed by atoms with van der Waals surface area (Å²) in [6.45, 7) is 1.92. The molecular weight excluding hydrogens is 191 g/mol. The predicted octanol–water partition coefficient (Wildman–Crippen LogP) is 2.52. The predicted molar refractivity (Wildman–Crippen MR) is 57.6 cm³/mol. The first-order valence-corrected chi connectivity index (χ1v) is 4.64. The lowest BCUT2D eigenvalue weighted by molar-refractivity contribution is 0.624. The van der Waals surface area contributed by atoms with Crippen molar-refractivity contribution in [2.24, 2.45) is 0 Å². The molecule has 0 aliphatic heterocycles. The van der Waals surface area contributed by atoms with Crippen LogP contribution < -0.4 is 5.32 Å². The third-order valence-electron chi connectivity index (χ3n) is 2.06. The fraction of sp³-hybridized carbons (Fsp3) is 0.250. The molecule has 1 aromatic carbocycles. The maximum Gasteiger partial charge on any atom is 0.143 e. The normalized spacial score (nSPS) is 11.2. The average molecular weight is 202 g/mol. The van der Waals surface area contributed by atoms with Gasteiger partial charge in [-0.3, -0.25) is 0 Å². The minimum absolute atomic E-state index is 0.00574. The Labute approximate surface area is 88.7 Å². The highest BCUT2D eigenvalue weighted by Gasteiger charge is 2.09. The van der Waals surface area contributed by atoms with Gasteiger partial charge in [0.15, 0.2) is 0 Å². The van der Waals surface area contributed by atoms with Crippen molar-refractivity contribution in [3.8, 4) is 18.4 Å². The van der Waals surface area contributed by atoms with Crippen molar-refractivity contribution in [2.75, 3.05) is 5.32 Å². The van der Waals surface area contributed by atoms with Crippen LogP contribution >= 0.6 is 0 Å². The molecule has 0 aromatic heterocycles. The van der Waals surface area contributed by atoms with Gasteiger partial charge in [0.1, 0.15) is 17.4 Å². The monoisotopic (exact) mass is 202 g/mol. The molecule has 0 spiro atoms. The Morgan fingerprint density at radius 1 is 1.60 bits per heavy atom. The number of halogens is 1. The van der Waals surface area contributed by atoms with E-state index in [1.807, 2.05) is 13.0 Å². The lowest BCUT2D eigenvalue weighted by atomic mass is 10.1. The molecule has 0 amide bonds. The summed E-state index contributed by atoms with van der Waals surface area (Å²) in [5, 5.41) is 11.7. The molecule has 0 bridgehead atoms. The molecule has 76 valence electrons. The molecule has 0 radical (unpaired) electrons. The lowest BCUT2D eigenvalue weighted by Gasteiger charge is -2.13. The van der Waals surface area contributed by atoms with E-state index in [-0.39, 0.29) is 11.6 Å². The van der Waals surface area contributed by atoms with E-state index in [4.69, 9.17) is 11.7 Å². The molecule has 1 aromatic rings. The second-order valence-corrected chi connectivity index (χ2v) is 3.05. The third kappa shape index (κ3) is 2.48. The van der Waals surface area contributed by atoms with Crippen LogP contribution in [0.15, 0.2) is 18.2 Å². The molecule has 0 saturated heterocycles. The SMILES string of the molecule is C#CC(CC)Nc1cccc(F)c1C#N.